The standard InChI is InChI=1S/C68H55N/c1-44-26-27-53(52-19-12-17-50(38-52)49-32-35-58(36-33-49)69-67-25-11-10-24-62(67)63-37-34-56-42-66(56)68(63)69)40-57(47-14-4-3-5-15-47)43-64(44)54-20-13-18-51(39-54)48-30-28-46(29-31-48)45(2)65-41-55-16-6-7-21-59(55)60-22-8-9-23-61(60)65/h3-25,28-40,43,45,56,65-66H,26-27,41-42H2,1-2H3/b53-40+,57-43+,64-44?. The number of rotatable bonds is 8. The fourth-order valence-electron chi connectivity index (χ4n) is 12.1. The van der Waals surface area contributed by atoms with E-state index in [1.807, 2.05) is 0 Å². The molecule has 1 aromatic heterocycles. The monoisotopic (exact) mass is 885 g/mol. The molecule has 8 aromatic carbocycles. The Bertz CT molecular complexity index is 3570. The number of hydrogen-bond donors (Lipinski definition) is 0. The van der Waals surface area contributed by atoms with Crippen molar-refractivity contribution in [3.8, 4) is 39.1 Å². The third-order valence-electron chi connectivity index (χ3n) is 16.0. The highest BCUT2D eigenvalue weighted by Crippen LogP contribution is 2.55. The summed E-state index contributed by atoms with van der Waals surface area (Å²) in [6.45, 7) is 4.75. The number of fused-ring (bicyclic) bond motifs is 8. The first-order chi connectivity index (χ1) is 34.0. The van der Waals surface area contributed by atoms with Crippen molar-refractivity contribution in [1.29, 1.82) is 0 Å². The highest BCUT2D eigenvalue weighted by atomic mass is 15.0. The number of hydrogen-bond acceptors (Lipinski definition) is 0. The topological polar surface area (TPSA) is 4.93 Å². The first kappa shape index (κ1) is 41.4. The fraction of sp³-hybridized carbons (Fsp3) is 0.147. The summed E-state index contributed by atoms with van der Waals surface area (Å²) in [5.41, 5.74) is 26.6. The zero-order chi connectivity index (χ0) is 46.0. The van der Waals surface area contributed by atoms with Gasteiger partial charge in [0, 0.05) is 28.2 Å². The van der Waals surface area contributed by atoms with Crippen LogP contribution in [0.25, 0.3) is 72.8 Å². The normalized spacial score (nSPS) is 20.0. The van der Waals surface area contributed by atoms with Gasteiger partial charge in [-0.2, -0.15) is 0 Å². The van der Waals surface area contributed by atoms with Gasteiger partial charge >= 0.3 is 0 Å². The van der Waals surface area contributed by atoms with Crippen LogP contribution in [0.15, 0.2) is 224 Å². The molecule has 1 fully saturated rings. The molecule has 13 rings (SSSR count). The molecule has 0 spiro atoms. The fourth-order valence-corrected chi connectivity index (χ4v) is 12.1. The molecule has 0 aliphatic heterocycles. The molecule has 0 saturated heterocycles. The summed E-state index contributed by atoms with van der Waals surface area (Å²) in [4.78, 5) is 0. The Labute approximate surface area is 407 Å². The molecule has 0 bridgehead atoms. The molecule has 69 heavy (non-hydrogen) atoms. The minimum Gasteiger partial charge on any atom is -0.313 e. The Morgan fingerprint density at radius 2 is 1.19 bits per heavy atom. The van der Waals surface area contributed by atoms with Crippen LogP contribution < -0.4 is 0 Å². The van der Waals surface area contributed by atoms with Gasteiger partial charge in [0.15, 0.2) is 0 Å². The van der Waals surface area contributed by atoms with Gasteiger partial charge in [-0.3, -0.25) is 0 Å². The Morgan fingerprint density at radius 3 is 2.00 bits per heavy atom. The third kappa shape index (κ3) is 7.49. The quantitative estimate of drug-likeness (QED) is 0.143. The van der Waals surface area contributed by atoms with Gasteiger partial charge < -0.3 is 4.57 Å². The van der Waals surface area contributed by atoms with Crippen LogP contribution in [0.1, 0.15) is 95.5 Å². The van der Waals surface area contributed by atoms with Crippen LogP contribution in [0.2, 0.25) is 0 Å². The Kier molecular flexibility index (Phi) is 10.3. The van der Waals surface area contributed by atoms with Crippen LogP contribution in [0.5, 0.6) is 0 Å². The van der Waals surface area contributed by atoms with Crippen LogP contribution >= 0.6 is 0 Å². The summed E-state index contributed by atoms with van der Waals surface area (Å²) in [6, 6.07) is 75.0. The summed E-state index contributed by atoms with van der Waals surface area (Å²) in [7, 11) is 0. The molecular weight excluding hydrogens is 831 g/mol. The van der Waals surface area contributed by atoms with E-state index in [-0.39, 0.29) is 0 Å². The van der Waals surface area contributed by atoms with Gasteiger partial charge in [-0.25, -0.2) is 0 Å². The molecule has 1 heterocycles. The molecule has 4 aliphatic carbocycles. The van der Waals surface area contributed by atoms with Crippen molar-refractivity contribution in [2.24, 2.45) is 5.92 Å². The summed E-state index contributed by atoms with van der Waals surface area (Å²) in [6.07, 6.45) is 14.0. The summed E-state index contributed by atoms with van der Waals surface area (Å²) in [5.74, 6) is 2.15. The molecule has 4 atom stereocenters. The molecule has 332 valence electrons. The van der Waals surface area contributed by atoms with E-state index in [9.17, 15) is 0 Å². The molecule has 4 aliphatic rings. The van der Waals surface area contributed by atoms with Crippen molar-refractivity contribution in [2.75, 3.05) is 0 Å². The summed E-state index contributed by atoms with van der Waals surface area (Å²) >= 11 is 0. The number of benzene rings is 8. The maximum absolute atomic E-state index is 2.53. The van der Waals surface area contributed by atoms with Crippen LogP contribution in [0.3, 0.4) is 0 Å². The lowest BCUT2D eigenvalue weighted by molar-refractivity contribution is 0.568. The number of allylic oxidation sites excluding steroid dienone is 7. The minimum atomic E-state index is 0.390. The molecule has 1 heteroatoms. The molecule has 0 radical (unpaired) electrons. The van der Waals surface area contributed by atoms with Crippen LogP contribution in [0.4, 0.5) is 0 Å². The van der Waals surface area contributed by atoms with Gasteiger partial charge in [0.2, 0.25) is 0 Å². The van der Waals surface area contributed by atoms with Crippen molar-refractivity contribution < 1.29 is 0 Å². The van der Waals surface area contributed by atoms with E-state index >= 15 is 0 Å². The third-order valence-corrected chi connectivity index (χ3v) is 16.0. The minimum absolute atomic E-state index is 0.390. The van der Waals surface area contributed by atoms with E-state index < -0.39 is 0 Å². The predicted molar refractivity (Wildman–Crippen MR) is 291 cm³/mol. The molecule has 9 aromatic rings. The van der Waals surface area contributed by atoms with Crippen molar-refractivity contribution in [3.63, 3.8) is 0 Å². The van der Waals surface area contributed by atoms with Crippen LogP contribution in [0, 0.1) is 5.92 Å². The number of para-hydroxylation sites is 1. The van der Waals surface area contributed by atoms with Crippen molar-refractivity contribution in [1.82, 2.24) is 4.57 Å². The number of aromatic nitrogens is 1. The zero-order valence-corrected chi connectivity index (χ0v) is 39.4. The first-order valence-corrected chi connectivity index (χ1v) is 25.1. The van der Waals surface area contributed by atoms with Crippen LogP contribution in [-0.2, 0) is 6.42 Å². The summed E-state index contributed by atoms with van der Waals surface area (Å²) < 4.78 is 2.53. The molecule has 4 unspecified atom stereocenters. The largest absolute Gasteiger partial charge is 0.313 e. The second kappa shape index (κ2) is 17.1. The predicted octanol–water partition coefficient (Wildman–Crippen LogP) is 17.9. The zero-order valence-electron chi connectivity index (χ0n) is 39.4. The Balaban J connectivity index is 0.789. The van der Waals surface area contributed by atoms with Crippen molar-refractivity contribution in [2.45, 2.75) is 57.3 Å². The van der Waals surface area contributed by atoms with Crippen molar-refractivity contribution >= 4 is 33.7 Å². The number of nitrogens with zero attached hydrogens (tertiary/aromatic N) is 1. The van der Waals surface area contributed by atoms with Gasteiger partial charge in [-0.15, -0.1) is 0 Å². The SMILES string of the molecule is CC1=C(c2cccc(-c3ccc(C(C)C4Cc5ccccc5-c5ccccc54)cc3)c2)/C=C(c2ccccc2)\C=C(\c2cccc(-c3ccc(-n4c5c(c6ccccc64)C=CC4CC54)cc3)c2)CC1. The van der Waals surface area contributed by atoms with Crippen LogP contribution in [-0.4, -0.2) is 4.57 Å². The maximum Gasteiger partial charge on any atom is 0.0537 e. The van der Waals surface area contributed by atoms with E-state index in [1.165, 1.54) is 123 Å². The van der Waals surface area contributed by atoms with E-state index in [1.54, 1.807) is 0 Å². The van der Waals surface area contributed by atoms with Gasteiger partial charge in [0.25, 0.3) is 0 Å². The van der Waals surface area contributed by atoms with Gasteiger partial charge in [-0.05, 0) is 170 Å². The molecule has 1 saturated carbocycles. The average molecular weight is 886 g/mol. The highest BCUT2D eigenvalue weighted by Gasteiger charge is 2.43. The molecular formula is C68H55N. The second-order valence-corrected chi connectivity index (χ2v) is 20.0. The van der Waals surface area contributed by atoms with E-state index in [0.717, 1.165) is 19.3 Å². The molecule has 0 amide bonds. The van der Waals surface area contributed by atoms with E-state index in [4.69, 9.17) is 0 Å². The summed E-state index contributed by atoms with van der Waals surface area (Å²) in [5, 5.41) is 1.35. The lowest BCUT2D eigenvalue weighted by Gasteiger charge is -2.32. The highest BCUT2D eigenvalue weighted by molar-refractivity contribution is 5.96. The smallest absolute Gasteiger partial charge is 0.0537 e. The van der Waals surface area contributed by atoms with Gasteiger partial charge in [0.05, 0.1) is 5.52 Å². The van der Waals surface area contributed by atoms with Gasteiger partial charge in [0.1, 0.15) is 0 Å². The Morgan fingerprint density at radius 1 is 0.536 bits per heavy atom. The lowest BCUT2D eigenvalue weighted by Crippen LogP contribution is -2.17. The second-order valence-electron chi connectivity index (χ2n) is 20.0. The van der Waals surface area contributed by atoms with E-state index in [2.05, 4.69) is 243 Å². The lowest BCUT2D eigenvalue weighted by atomic mass is 9.72. The first-order valence-electron chi connectivity index (χ1n) is 25.1. The maximum atomic E-state index is 2.53. The Hall–Kier alpha value is -7.74. The average Bonchev–Trinajstić information content (AvgIpc) is 4.14. The van der Waals surface area contributed by atoms with Gasteiger partial charge in [-0.1, -0.05) is 201 Å². The van der Waals surface area contributed by atoms with Crippen molar-refractivity contribution in [3.05, 3.63) is 269 Å². The molecule has 0 N–H and O–H groups in total. The molecule has 1 nitrogen and oxygen atoms in total. The van der Waals surface area contributed by atoms with E-state index in [0.29, 0.717) is 23.7 Å².